The fourth-order valence-electron chi connectivity index (χ4n) is 3.34. The van der Waals surface area contributed by atoms with Crippen LogP contribution in [0.2, 0.25) is 0 Å². The number of amides is 1. The van der Waals surface area contributed by atoms with Gasteiger partial charge in [0, 0.05) is 53.9 Å². The molecule has 0 unspecified atom stereocenters. The van der Waals surface area contributed by atoms with Crippen LogP contribution in [0, 0.1) is 5.41 Å². The Morgan fingerprint density at radius 2 is 1.76 bits per heavy atom. The maximum Gasteiger partial charge on any atom is 0.253 e. The number of carbonyl (C=O) groups is 1. The first kappa shape index (κ1) is 19.3. The largest absolute Gasteiger partial charge is 0.398 e. The molecule has 29 heavy (non-hydrogen) atoms. The third kappa shape index (κ3) is 4.06. The van der Waals surface area contributed by atoms with Gasteiger partial charge in [0.2, 0.25) is 0 Å². The fraction of sp³-hybridized carbons (Fsp3) is 0.227. The average Bonchev–Trinajstić information content (AvgIpc) is 3.24. The summed E-state index contributed by atoms with van der Waals surface area (Å²) in [6.07, 6.45) is 0. The normalized spacial score (nSPS) is 14.7. The number of aromatic nitrogens is 1. The van der Waals surface area contributed by atoms with E-state index in [1.54, 1.807) is 6.07 Å². The topological polar surface area (TPSA) is 86.3 Å². The summed E-state index contributed by atoms with van der Waals surface area (Å²) in [6.45, 7) is 3.33. The van der Waals surface area contributed by atoms with Crippen LogP contribution in [-0.2, 0) is 0 Å². The molecule has 3 aromatic rings. The molecular formula is C22H23N5OS. The smallest absolute Gasteiger partial charge is 0.253 e. The van der Waals surface area contributed by atoms with E-state index in [-0.39, 0.29) is 5.91 Å². The van der Waals surface area contributed by atoms with Gasteiger partial charge < -0.3 is 15.5 Å². The van der Waals surface area contributed by atoms with Crippen LogP contribution in [0.5, 0.6) is 0 Å². The molecule has 4 rings (SSSR count). The Morgan fingerprint density at radius 3 is 2.45 bits per heavy atom. The average molecular weight is 406 g/mol. The van der Waals surface area contributed by atoms with Crippen LogP contribution in [0.3, 0.4) is 0 Å². The minimum absolute atomic E-state index is 0.0740. The number of nitrogens with one attached hydrogen (secondary N) is 1. The molecular weight excluding hydrogens is 382 g/mol. The number of anilines is 1. The molecule has 7 heteroatoms. The highest BCUT2D eigenvalue weighted by atomic mass is 32.1. The number of carbonyl (C=O) groups excluding carboxylic acids is 1. The van der Waals surface area contributed by atoms with Gasteiger partial charge in [0.1, 0.15) is 5.01 Å². The lowest BCUT2D eigenvalue weighted by Gasteiger charge is -2.32. The number of thiazole rings is 1. The first-order chi connectivity index (χ1) is 14.0. The molecule has 3 N–H and O–H groups in total. The Hall–Kier alpha value is -3.03. The minimum atomic E-state index is 0.0740. The van der Waals surface area contributed by atoms with Gasteiger partial charge in [-0.2, -0.15) is 0 Å². The second-order valence-corrected chi connectivity index (χ2v) is 8.03. The number of nitrogens with two attached hydrogens (primary N) is 1. The third-order valence-corrected chi connectivity index (χ3v) is 6.03. The SMILES string of the molecule is CN1CCN(C(=O)c2ccc(-c3csc(C(=N)c4ccccc4N)n3)cc2)CC1. The van der Waals surface area contributed by atoms with Crippen molar-refractivity contribution in [3.05, 3.63) is 70.0 Å². The van der Waals surface area contributed by atoms with E-state index in [0.29, 0.717) is 27.5 Å². The maximum atomic E-state index is 12.7. The number of benzene rings is 2. The van der Waals surface area contributed by atoms with Crippen molar-refractivity contribution in [1.82, 2.24) is 14.8 Å². The van der Waals surface area contributed by atoms with Crippen molar-refractivity contribution in [3.63, 3.8) is 0 Å². The number of para-hydroxylation sites is 1. The van der Waals surface area contributed by atoms with Crippen molar-refractivity contribution in [1.29, 1.82) is 5.41 Å². The van der Waals surface area contributed by atoms with Crippen molar-refractivity contribution in [2.24, 2.45) is 0 Å². The number of nitrogens with zero attached hydrogens (tertiary/aromatic N) is 3. The summed E-state index contributed by atoms with van der Waals surface area (Å²) < 4.78 is 0. The molecule has 0 radical (unpaired) electrons. The van der Waals surface area contributed by atoms with Crippen LogP contribution in [-0.4, -0.2) is 59.6 Å². The summed E-state index contributed by atoms with van der Waals surface area (Å²) in [5, 5.41) is 11.0. The van der Waals surface area contributed by atoms with Crippen LogP contribution >= 0.6 is 11.3 Å². The molecule has 0 atom stereocenters. The van der Waals surface area contributed by atoms with Gasteiger partial charge in [-0.05, 0) is 25.2 Å². The standard InChI is InChI=1S/C22H23N5OS/c1-26-10-12-27(13-11-26)22(28)16-8-6-15(7-9-16)19-14-29-21(25-19)20(24)17-4-2-3-5-18(17)23/h2-9,14,24H,10-13,23H2,1H3. The van der Waals surface area contributed by atoms with Crippen molar-refractivity contribution >= 4 is 28.6 Å². The predicted octanol–water partition coefficient (Wildman–Crippen LogP) is 3.20. The molecule has 6 nitrogen and oxygen atoms in total. The number of hydrogen-bond acceptors (Lipinski definition) is 6. The Labute approximate surface area is 174 Å². The zero-order valence-electron chi connectivity index (χ0n) is 16.3. The lowest BCUT2D eigenvalue weighted by molar-refractivity contribution is 0.0664. The maximum absolute atomic E-state index is 12.7. The molecule has 1 fully saturated rings. The summed E-state index contributed by atoms with van der Waals surface area (Å²) >= 11 is 1.42. The number of hydrogen-bond donors (Lipinski definition) is 2. The summed E-state index contributed by atoms with van der Waals surface area (Å²) in [7, 11) is 2.07. The lowest BCUT2D eigenvalue weighted by atomic mass is 10.1. The highest BCUT2D eigenvalue weighted by molar-refractivity contribution is 7.12. The van der Waals surface area contributed by atoms with Crippen LogP contribution in [0.25, 0.3) is 11.3 Å². The Bertz CT molecular complexity index is 1040. The highest BCUT2D eigenvalue weighted by Crippen LogP contribution is 2.25. The van der Waals surface area contributed by atoms with Crippen molar-refractivity contribution in [2.75, 3.05) is 39.0 Å². The molecule has 1 aliphatic rings. The Morgan fingerprint density at radius 1 is 1.07 bits per heavy atom. The van der Waals surface area contributed by atoms with E-state index in [2.05, 4.69) is 16.9 Å². The van der Waals surface area contributed by atoms with Crippen molar-refractivity contribution in [2.45, 2.75) is 0 Å². The lowest BCUT2D eigenvalue weighted by Crippen LogP contribution is -2.47. The number of piperazine rings is 1. The second kappa shape index (κ2) is 8.14. The Kier molecular flexibility index (Phi) is 5.42. The van der Waals surface area contributed by atoms with Gasteiger partial charge in [0.05, 0.1) is 11.4 Å². The molecule has 1 aliphatic heterocycles. The van der Waals surface area contributed by atoms with Gasteiger partial charge in [0.15, 0.2) is 0 Å². The molecule has 0 aliphatic carbocycles. The van der Waals surface area contributed by atoms with Gasteiger partial charge in [0.25, 0.3) is 5.91 Å². The van der Waals surface area contributed by atoms with Crippen LogP contribution < -0.4 is 5.73 Å². The summed E-state index contributed by atoms with van der Waals surface area (Å²) in [5.74, 6) is 0.0740. The second-order valence-electron chi connectivity index (χ2n) is 7.17. The van der Waals surface area contributed by atoms with Gasteiger partial charge in [-0.25, -0.2) is 4.98 Å². The van der Waals surface area contributed by atoms with E-state index in [4.69, 9.17) is 11.1 Å². The van der Waals surface area contributed by atoms with Crippen molar-refractivity contribution < 1.29 is 4.79 Å². The van der Waals surface area contributed by atoms with E-state index in [1.807, 2.05) is 52.7 Å². The monoisotopic (exact) mass is 405 g/mol. The van der Waals surface area contributed by atoms with Crippen LogP contribution in [0.4, 0.5) is 5.69 Å². The molecule has 148 valence electrons. The van der Waals surface area contributed by atoms with Gasteiger partial charge in [-0.3, -0.25) is 10.2 Å². The van der Waals surface area contributed by atoms with Crippen LogP contribution in [0.15, 0.2) is 53.9 Å². The molecule has 0 spiro atoms. The molecule has 1 saturated heterocycles. The number of rotatable bonds is 4. The van der Waals surface area contributed by atoms with E-state index >= 15 is 0 Å². The van der Waals surface area contributed by atoms with E-state index in [0.717, 1.165) is 37.4 Å². The summed E-state index contributed by atoms with van der Waals surface area (Å²) in [5.41, 5.74) is 9.98. The van der Waals surface area contributed by atoms with Gasteiger partial charge in [-0.1, -0.05) is 30.3 Å². The molecule has 1 amide bonds. The highest BCUT2D eigenvalue weighted by Gasteiger charge is 2.20. The van der Waals surface area contributed by atoms with Gasteiger partial charge >= 0.3 is 0 Å². The Balaban J connectivity index is 1.49. The molecule has 1 aromatic heterocycles. The number of nitrogen functional groups attached to an aromatic ring is 1. The van der Waals surface area contributed by atoms with Crippen LogP contribution in [0.1, 0.15) is 20.9 Å². The fourth-order valence-corrected chi connectivity index (χ4v) is 4.13. The first-order valence-electron chi connectivity index (χ1n) is 9.50. The van der Waals surface area contributed by atoms with Crippen molar-refractivity contribution in [3.8, 4) is 11.3 Å². The van der Waals surface area contributed by atoms with E-state index < -0.39 is 0 Å². The summed E-state index contributed by atoms with van der Waals surface area (Å²) in [6, 6.07) is 14.9. The number of likely N-dealkylation sites (N-methyl/N-ethyl adjacent to an activating group) is 1. The van der Waals surface area contributed by atoms with Gasteiger partial charge in [-0.15, -0.1) is 11.3 Å². The van der Waals surface area contributed by atoms with E-state index in [1.165, 1.54) is 11.3 Å². The molecule has 0 bridgehead atoms. The quantitative estimate of drug-likeness (QED) is 0.516. The molecule has 0 saturated carbocycles. The summed E-state index contributed by atoms with van der Waals surface area (Å²) in [4.78, 5) is 21.4. The molecule has 2 heterocycles. The molecule has 2 aromatic carbocycles. The third-order valence-electron chi connectivity index (χ3n) is 5.17. The first-order valence-corrected chi connectivity index (χ1v) is 10.4. The van der Waals surface area contributed by atoms with E-state index in [9.17, 15) is 4.79 Å². The zero-order chi connectivity index (χ0) is 20.4. The minimum Gasteiger partial charge on any atom is -0.398 e. The predicted molar refractivity (Wildman–Crippen MR) is 118 cm³/mol. The zero-order valence-corrected chi connectivity index (χ0v) is 17.1.